The first-order chi connectivity index (χ1) is 10.6. The van der Waals surface area contributed by atoms with Gasteiger partial charge in [0.2, 0.25) is 0 Å². The highest BCUT2D eigenvalue weighted by Crippen LogP contribution is 2.33. The van der Waals surface area contributed by atoms with Gasteiger partial charge in [-0.2, -0.15) is 11.3 Å². The summed E-state index contributed by atoms with van der Waals surface area (Å²) in [5, 5.41) is 8.35. The molecule has 0 saturated heterocycles. The Kier molecular flexibility index (Phi) is 7.70. The van der Waals surface area contributed by atoms with E-state index in [0.717, 1.165) is 27.5 Å². The molecule has 1 heterocycles. The standard InChI is InChI=1S/C17H16ClN3S.2ClH/c18-12-1-4-14(5-2-12)21-8-11-9-22-10-16(11)15-7-13(19)3-6-17(15)20;;/h1-7,9-10,21H,8,19-20H2;2*1H. The first-order valence-electron chi connectivity index (χ1n) is 6.83. The van der Waals surface area contributed by atoms with E-state index in [1.54, 1.807) is 11.3 Å². The molecular formula is C17H18Cl3N3S. The van der Waals surface area contributed by atoms with Gasteiger partial charge in [-0.15, -0.1) is 24.8 Å². The fraction of sp³-hybridized carbons (Fsp3) is 0.0588. The SMILES string of the molecule is Cl.Cl.Nc1ccc(N)c(-c2cscc2CNc2ccc(Cl)cc2)c1. The van der Waals surface area contributed by atoms with E-state index in [2.05, 4.69) is 16.1 Å². The Hall–Kier alpha value is -1.59. The van der Waals surface area contributed by atoms with Crippen LogP contribution in [0.1, 0.15) is 5.56 Å². The molecule has 128 valence electrons. The van der Waals surface area contributed by atoms with Gasteiger partial charge in [0, 0.05) is 34.2 Å². The number of hydrogen-bond donors (Lipinski definition) is 3. The van der Waals surface area contributed by atoms with Crippen LogP contribution < -0.4 is 16.8 Å². The second-order valence-electron chi connectivity index (χ2n) is 5.02. The molecule has 0 aliphatic carbocycles. The zero-order chi connectivity index (χ0) is 15.5. The number of halogens is 3. The Labute approximate surface area is 162 Å². The quantitative estimate of drug-likeness (QED) is 0.491. The van der Waals surface area contributed by atoms with Crippen LogP contribution in [0.3, 0.4) is 0 Å². The smallest absolute Gasteiger partial charge is 0.0415 e. The van der Waals surface area contributed by atoms with Crippen molar-refractivity contribution in [3.63, 3.8) is 0 Å². The fourth-order valence-electron chi connectivity index (χ4n) is 2.27. The molecular weight excluding hydrogens is 385 g/mol. The number of hydrogen-bond acceptors (Lipinski definition) is 4. The minimum atomic E-state index is 0. The summed E-state index contributed by atoms with van der Waals surface area (Å²) >= 11 is 7.55. The van der Waals surface area contributed by atoms with E-state index in [-0.39, 0.29) is 24.8 Å². The first-order valence-corrected chi connectivity index (χ1v) is 8.15. The van der Waals surface area contributed by atoms with Crippen LogP contribution in [-0.4, -0.2) is 0 Å². The van der Waals surface area contributed by atoms with Gasteiger partial charge in [0.15, 0.2) is 0 Å². The second-order valence-corrected chi connectivity index (χ2v) is 6.20. The van der Waals surface area contributed by atoms with Crippen LogP contribution in [0.25, 0.3) is 11.1 Å². The van der Waals surface area contributed by atoms with Crippen LogP contribution in [-0.2, 0) is 6.54 Å². The lowest BCUT2D eigenvalue weighted by atomic mass is 10.0. The molecule has 0 aliphatic heterocycles. The van der Waals surface area contributed by atoms with E-state index in [4.69, 9.17) is 23.1 Å². The summed E-state index contributed by atoms with van der Waals surface area (Å²) in [5.41, 5.74) is 17.7. The van der Waals surface area contributed by atoms with Crippen LogP contribution in [0.5, 0.6) is 0 Å². The minimum Gasteiger partial charge on any atom is -0.399 e. The number of nitrogens with one attached hydrogen (secondary N) is 1. The summed E-state index contributed by atoms with van der Waals surface area (Å²) in [4.78, 5) is 0. The number of nitrogens with two attached hydrogens (primary N) is 2. The molecule has 0 spiro atoms. The molecule has 0 amide bonds. The molecule has 7 heteroatoms. The topological polar surface area (TPSA) is 64.1 Å². The molecule has 1 aromatic heterocycles. The van der Waals surface area contributed by atoms with Gasteiger partial charge >= 0.3 is 0 Å². The molecule has 3 rings (SSSR count). The third kappa shape index (κ3) is 4.71. The van der Waals surface area contributed by atoms with Gasteiger partial charge in [0.25, 0.3) is 0 Å². The lowest BCUT2D eigenvalue weighted by Crippen LogP contribution is -2.00. The summed E-state index contributed by atoms with van der Waals surface area (Å²) in [7, 11) is 0. The molecule has 0 saturated carbocycles. The molecule has 0 aliphatic rings. The van der Waals surface area contributed by atoms with Crippen molar-refractivity contribution in [1.29, 1.82) is 0 Å². The van der Waals surface area contributed by atoms with Gasteiger partial charge < -0.3 is 16.8 Å². The molecule has 0 bridgehead atoms. The highest BCUT2D eigenvalue weighted by atomic mass is 35.5. The maximum atomic E-state index is 6.09. The monoisotopic (exact) mass is 401 g/mol. The molecule has 5 N–H and O–H groups in total. The van der Waals surface area contributed by atoms with E-state index in [1.165, 1.54) is 5.56 Å². The van der Waals surface area contributed by atoms with Gasteiger partial charge in [-0.25, -0.2) is 0 Å². The van der Waals surface area contributed by atoms with E-state index in [9.17, 15) is 0 Å². The van der Waals surface area contributed by atoms with Gasteiger partial charge in [-0.3, -0.25) is 0 Å². The van der Waals surface area contributed by atoms with E-state index >= 15 is 0 Å². The Bertz CT molecular complexity index is 788. The van der Waals surface area contributed by atoms with Crippen LogP contribution in [0, 0.1) is 0 Å². The van der Waals surface area contributed by atoms with Crippen molar-refractivity contribution < 1.29 is 0 Å². The normalized spacial score (nSPS) is 9.71. The molecule has 0 radical (unpaired) electrons. The number of rotatable bonds is 4. The van der Waals surface area contributed by atoms with Crippen molar-refractivity contribution in [2.75, 3.05) is 16.8 Å². The van der Waals surface area contributed by atoms with Crippen molar-refractivity contribution in [1.82, 2.24) is 0 Å². The van der Waals surface area contributed by atoms with Gasteiger partial charge in [0.1, 0.15) is 0 Å². The summed E-state index contributed by atoms with van der Waals surface area (Å²) in [6.45, 7) is 0.717. The Balaban J connectivity index is 0.00000144. The Morgan fingerprint density at radius 2 is 1.62 bits per heavy atom. The van der Waals surface area contributed by atoms with Gasteiger partial charge in [0.05, 0.1) is 0 Å². The molecule has 3 aromatic rings. The van der Waals surface area contributed by atoms with Crippen molar-refractivity contribution in [3.8, 4) is 11.1 Å². The minimum absolute atomic E-state index is 0. The summed E-state index contributed by atoms with van der Waals surface area (Å²) in [6.07, 6.45) is 0. The van der Waals surface area contributed by atoms with Crippen LogP contribution in [0.2, 0.25) is 5.02 Å². The average Bonchev–Trinajstić information content (AvgIpc) is 2.97. The lowest BCUT2D eigenvalue weighted by Gasteiger charge is -2.10. The molecule has 0 unspecified atom stereocenters. The number of thiophene rings is 1. The van der Waals surface area contributed by atoms with E-state index in [1.807, 2.05) is 42.5 Å². The molecule has 0 fully saturated rings. The Morgan fingerprint density at radius 1 is 0.917 bits per heavy atom. The highest BCUT2D eigenvalue weighted by molar-refractivity contribution is 7.08. The molecule has 3 nitrogen and oxygen atoms in total. The number of benzene rings is 2. The average molecular weight is 403 g/mol. The van der Waals surface area contributed by atoms with E-state index < -0.39 is 0 Å². The maximum absolute atomic E-state index is 6.09. The molecule has 24 heavy (non-hydrogen) atoms. The van der Waals surface area contributed by atoms with E-state index in [0.29, 0.717) is 12.2 Å². The van der Waals surface area contributed by atoms with Crippen molar-refractivity contribution in [2.24, 2.45) is 0 Å². The van der Waals surface area contributed by atoms with Crippen molar-refractivity contribution >= 4 is 64.8 Å². The van der Waals surface area contributed by atoms with Crippen LogP contribution >= 0.6 is 47.8 Å². The van der Waals surface area contributed by atoms with Crippen LogP contribution in [0.15, 0.2) is 53.2 Å². The maximum Gasteiger partial charge on any atom is 0.0415 e. The predicted octanol–water partition coefficient (Wildman–Crippen LogP) is 5.69. The van der Waals surface area contributed by atoms with Gasteiger partial charge in [-0.05, 0) is 64.4 Å². The highest BCUT2D eigenvalue weighted by Gasteiger charge is 2.10. The third-order valence-electron chi connectivity index (χ3n) is 3.44. The third-order valence-corrected chi connectivity index (χ3v) is 4.48. The fourth-order valence-corrected chi connectivity index (χ4v) is 3.25. The van der Waals surface area contributed by atoms with Crippen LogP contribution in [0.4, 0.5) is 17.1 Å². The first kappa shape index (κ1) is 20.5. The predicted molar refractivity (Wildman–Crippen MR) is 112 cm³/mol. The number of anilines is 3. The largest absolute Gasteiger partial charge is 0.399 e. The van der Waals surface area contributed by atoms with Crippen molar-refractivity contribution in [3.05, 3.63) is 63.8 Å². The number of nitrogen functional groups attached to an aromatic ring is 2. The zero-order valence-electron chi connectivity index (χ0n) is 12.7. The molecule has 0 atom stereocenters. The van der Waals surface area contributed by atoms with Crippen molar-refractivity contribution in [2.45, 2.75) is 6.54 Å². The van der Waals surface area contributed by atoms with Gasteiger partial charge in [-0.1, -0.05) is 11.6 Å². The lowest BCUT2D eigenvalue weighted by molar-refractivity contribution is 1.17. The second kappa shape index (κ2) is 9.04. The summed E-state index contributed by atoms with van der Waals surface area (Å²) < 4.78 is 0. The summed E-state index contributed by atoms with van der Waals surface area (Å²) in [6, 6.07) is 13.2. The zero-order valence-corrected chi connectivity index (χ0v) is 15.9. The summed E-state index contributed by atoms with van der Waals surface area (Å²) in [5.74, 6) is 0. The molecule has 2 aromatic carbocycles. The Morgan fingerprint density at radius 3 is 2.33 bits per heavy atom.